The fourth-order valence-electron chi connectivity index (χ4n) is 3.01. The second-order valence-corrected chi connectivity index (χ2v) is 7.71. The molecule has 0 radical (unpaired) electrons. The van der Waals surface area contributed by atoms with Gasteiger partial charge in [-0.1, -0.05) is 29.8 Å². The number of benzene rings is 2. The van der Waals surface area contributed by atoms with Crippen molar-refractivity contribution < 1.29 is 9.53 Å². The molecule has 4 rings (SSSR count). The number of nitrogens with one attached hydrogen (secondary N) is 1. The van der Waals surface area contributed by atoms with Crippen molar-refractivity contribution in [1.29, 1.82) is 0 Å². The van der Waals surface area contributed by atoms with E-state index in [0.29, 0.717) is 23.1 Å². The number of rotatable bonds is 6. The largest absolute Gasteiger partial charge is 0.494 e. The number of carbonyl (C=O) groups is 1. The van der Waals surface area contributed by atoms with Crippen LogP contribution in [0.4, 0.5) is 5.82 Å². The number of ether oxygens (including phenoxy) is 1. The summed E-state index contributed by atoms with van der Waals surface area (Å²) in [7, 11) is 0. The number of nitrogens with zero attached hydrogens (tertiary/aromatic N) is 3. The lowest BCUT2D eigenvalue weighted by atomic mass is 10.1. The van der Waals surface area contributed by atoms with Crippen molar-refractivity contribution in [3.8, 4) is 22.1 Å². The van der Waals surface area contributed by atoms with Gasteiger partial charge < -0.3 is 10.1 Å². The van der Waals surface area contributed by atoms with Gasteiger partial charge in [0.25, 0.3) is 5.91 Å². The lowest BCUT2D eigenvalue weighted by Gasteiger charge is -2.08. The fraction of sp³-hybridized carbons (Fsp3) is 0.174. The maximum absolute atomic E-state index is 12.7. The second kappa shape index (κ2) is 8.51. The van der Waals surface area contributed by atoms with Crippen LogP contribution in [0.25, 0.3) is 16.4 Å². The van der Waals surface area contributed by atoms with E-state index in [1.165, 1.54) is 16.9 Å². The van der Waals surface area contributed by atoms with E-state index in [9.17, 15) is 4.79 Å². The van der Waals surface area contributed by atoms with Gasteiger partial charge in [-0.25, -0.2) is 4.98 Å². The first kappa shape index (κ1) is 19.8. The number of thiazole rings is 1. The third kappa shape index (κ3) is 4.26. The standard InChI is InChI=1S/C23H22N4O2S/c1-4-29-19-11-9-18(10-12-19)22(28)25-21-13-16(3)26-27(21)23-24-20(14-30-23)17-7-5-15(2)6-8-17/h5-14H,4H2,1-3H3,(H,25,28). The molecule has 0 bridgehead atoms. The van der Waals surface area contributed by atoms with Crippen molar-refractivity contribution in [1.82, 2.24) is 14.8 Å². The maximum atomic E-state index is 12.7. The van der Waals surface area contributed by atoms with E-state index in [1.54, 1.807) is 28.9 Å². The summed E-state index contributed by atoms with van der Waals surface area (Å²) >= 11 is 1.48. The minimum absolute atomic E-state index is 0.213. The molecule has 2 heterocycles. The summed E-state index contributed by atoms with van der Waals surface area (Å²) in [6, 6.07) is 17.1. The van der Waals surface area contributed by atoms with Crippen molar-refractivity contribution in [2.45, 2.75) is 20.8 Å². The van der Waals surface area contributed by atoms with Crippen LogP contribution < -0.4 is 10.1 Å². The molecule has 2 aromatic carbocycles. The maximum Gasteiger partial charge on any atom is 0.256 e. The summed E-state index contributed by atoms with van der Waals surface area (Å²) in [6.45, 7) is 6.45. The Morgan fingerprint density at radius 2 is 1.83 bits per heavy atom. The molecular formula is C23H22N4O2S. The van der Waals surface area contributed by atoms with Crippen LogP contribution in [-0.4, -0.2) is 27.3 Å². The Bertz CT molecular complexity index is 1160. The van der Waals surface area contributed by atoms with Gasteiger partial charge in [-0.05, 0) is 45.0 Å². The number of aryl methyl sites for hydroxylation is 2. The average Bonchev–Trinajstić information content (AvgIpc) is 3.36. The van der Waals surface area contributed by atoms with E-state index in [1.807, 2.05) is 25.3 Å². The van der Waals surface area contributed by atoms with Crippen LogP contribution in [-0.2, 0) is 0 Å². The molecule has 0 aliphatic heterocycles. The molecule has 0 atom stereocenters. The summed E-state index contributed by atoms with van der Waals surface area (Å²) in [5.74, 6) is 1.10. The highest BCUT2D eigenvalue weighted by atomic mass is 32.1. The first-order valence-electron chi connectivity index (χ1n) is 9.67. The second-order valence-electron chi connectivity index (χ2n) is 6.88. The van der Waals surface area contributed by atoms with Gasteiger partial charge >= 0.3 is 0 Å². The van der Waals surface area contributed by atoms with Crippen molar-refractivity contribution in [3.05, 3.63) is 76.8 Å². The number of aromatic nitrogens is 3. The predicted octanol–water partition coefficient (Wildman–Crippen LogP) is 5.26. The SMILES string of the molecule is CCOc1ccc(C(=O)Nc2cc(C)nn2-c2nc(-c3ccc(C)cc3)cs2)cc1. The number of amides is 1. The fourth-order valence-corrected chi connectivity index (χ4v) is 3.81. The van der Waals surface area contributed by atoms with E-state index in [-0.39, 0.29) is 5.91 Å². The van der Waals surface area contributed by atoms with Crippen LogP contribution in [0.2, 0.25) is 0 Å². The zero-order valence-corrected chi connectivity index (χ0v) is 17.9. The molecule has 30 heavy (non-hydrogen) atoms. The zero-order chi connectivity index (χ0) is 21.1. The highest BCUT2D eigenvalue weighted by Gasteiger charge is 2.15. The summed E-state index contributed by atoms with van der Waals surface area (Å²) in [5.41, 5.74) is 4.47. The van der Waals surface area contributed by atoms with Gasteiger partial charge in [-0.15, -0.1) is 11.3 Å². The van der Waals surface area contributed by atoms with Crippen molar-refractivity contribution in [3.63, 3.8) is 0 Å². The Morgan fingerprint density at radius 3 is 2.53 bits per heavy atom. The molecule has 152 valence electrons. The summed E-state index contributed by atoms with van der Waals surface area (Å²) < 4.78 is 7.10. The first-order valence-corrected chi connectivity index (χ1v) is 10.6. The minimum Gasteiger partial charge on any atom is -0.494 e. The molecule has 0 fully saturated rings. The zero-order valence-electron chi connectivity index (χ0n) is 17.0. The third-order valence-corrected chi connectivity index (χ3v) is 5.34. The minimum atomic E-state index is -0.213. The van der Waals surface area contributed by atoms with E-state index in [4.69, 9.17) is 9.72 Å². The number of anilines is 1. The van der Waals surface area contributed by atoms with Crippen molar-refractivity contribution in [2.75, 3.05) is 11.9 Å². The Balaban J connectivity index is 1.57. The summed E-state index contributed by atoms with van der Waals surface area (Å²) in [6.07, 6.45) is 0. The van der Waals surface area contributed by atoms with Crippen LogP contribution in [0.5, 0.6) is 5.75 Å². The van der Waals surface area contributed by atoms with Gasteiger partial charge in [-0.2, -0.15) is 9.78 Å². The molecule has 1 N–H and O–H groups in total. The van der Waals surface area contributed by atoms with E-state index in [2.05, 4.69) is 41.6 Å². The third-order valence-electron chi connectivity index (χ3n) is 4.52. The Labute approximate surface area is 179 Å². The molecular weight excluding hydrogens is 396 g/mol. The van der Waals surface area contributed by atoms with Gasteiger partial charge in [0.2, 0.25) is 5.13 Å². The lowest BCUT2D eigenvalue weighted by molar-refractivity contribution is 0.102. The highest BCUT2D eigenvalue weighted by molar-refractivity contribution is 7.12. The normalized spacial score (nSPS) is 10.8. The molecule has 6 nitrogen and oxygen atoms in total. The van der Waals surface area contributed by atoms with Crippen LogP contribution in [0.3, 0.4) is 0 Å². The Kier molecular flexibility index (Phi) is 5.63. The van der Waals surface area contributed by atoms with Crippen molar-refractivity contribution >= 4 is 23.1 Å². The van der Waals surface area contributed by atoms with E-state index < -0.39 is 0 Å². The van der Waals surface area contributed by atoms with Gasteiger partial charge in [0.15, 0.2) is 0 Å². The quantitative estimate of drug-likeness (QED) is 0.463. The van der Waals surface area contributed by atoms with Crippen LogP contribution in [0.1, 0.15) is 28.5 Å². The molecule has 0 spiro atoms. The Morgan fingerprint density at radius 1 is 1.10 bits per heavy atom. The number of hydrogen-bond donors (Lipinski definition) is 1. The molecule has 0 saturated heterocycles. The van der Waals surface area contributed by atoms with E-state index in [0.717, 1.165) is 22.7 Å². The number of hydrogen-bond acceptors (Lipinski definition) is 5. The molecule has 0 unspecified atom stereocenters. The van der Waals surface area contributed by atoms with E-state index >= 15 is 0 Å². The van der Waals surface area contributed by atoms with Gasteiger partial charge in [0.05, 0.1) is 18.0 Å². The van der Waals surface area contributed by atoms with Gasteiger partial charge in [0, 0.05) is 22.6 Å². The highest BCUT2D eigenvalue weighted by Crippen LogP contribution is 2.27. The lowest BCUT2D eigenvalue weighted by Crippen LogP contribution is -2.15. The molecule has 7 heteroatoms. The Hall–Kier alpha value is -3.45. The molecule has 0 saturated carbocycles. The first-order chi connectivity index (χ1) is 14.5. The van der Waals surface area contributed by atoms with Crippen LogP contribution in [0.15, 0.2) is 60.0 Å². The molecule has 2 aromatic heterocycles. The number of carbonyl (C=O) groups excluding carboxylic acids is 1. The van der Waals surface area contributed by atoms with Gasteiger partial charge in [0.1, 0.15) is 11.6 Å². The molecule has 0 aliphatic carbocycles. The summed E-state index contributed by atoms with van der Waals surface area (Å²) in [5, 5.41) is 10.1. The van der Waals surface area contributed by atoms with Crippen molar-refractivity contribution in [2.24, 2.45) is 0 Å². The summed E-state index contributed by atoms with van der Waals surface area (Å²) in [4.78, 5) is 17.4. The molecule has 0 aliphatic rings. The monoisotopic (exact) mass is 418 g/mol. The molecule has 1 amide bonds. The predicted molar refractivity (Wildman–Crippen MR) is 120 cm³/mol. The smallest absolute Gasteiger partial charge is 0.256 e. The van der Waals surface area contributed by atoms with Gasteiger partial charge in [-0.3, -0.25) is 4.79 Å². The molecule has 4 aromatic rings. The topological polar surface area (TPSA) is 69.0 Å². The average molecular weight is 419 g/mol. The van der Waals surface area contributed by atoms with Crippen LogP contribution >= 0.6 is 11.3 Å². The van der Waals surface area contributed by atoms with Crippen LogP contribution in [0, 0.1) is 13.8 Å².